The molecule has 0 atom stereocenters. The normalized spacial score (nSPS) is 9.94. The lowest BCUT2D eigenvalue weighted by Gasteiger charge is -2.10. The molecule has 0 unspecified atom stereocenters. The Labute approximate surface area is 96.4 Å². The second-order valence-corrected chi connectivity index (χ2v) is 3.73. The van der Waals surface area contributed by atoms with Crippen LogP contribution in [-0.4, -0.2) is 19.5 Å². The van der Waals surface area contributed by atoms with Gasteiger partial charge in [-0.05, 0) is 31.0 Å². The first kappa shape index (κ1) is 12.6. The number of benzene rings is 1. The number of hydrogen-bond donors (Lipinski definition) is 0. The second-order valence-electron chi connectivity index (χ2n) is 3.73. The monoisotopic (exact) mass is 222 g/mol. The topological polar surface area (TPSA) is 35.5 Å². The summed E-state index contributed by atoms with van der Waals surface area (Å²) in [6.07, 6.45) is 2.11. The van der Waals surface area contributed by atoms with Gasteiger partial charge in [0.05, 0.1) is 7.11 Å². The summed E-state index contributed by atoms with van der Waals surface area (Å²) in [5, 5.41) is 0. The van der Waals surface area contributed by atoms with Crippen LogP contribution in [0.2, 0.25) is 0 Å². The summed E-state index contributed by atoms with van der Waals surface area (Å²) in [7, 11) is 1.60. The average Bonchev–Trinajstić information content (AvgIpc) is 2.27. The Kier molecular flexibility index (Phi) is 4.83. The highest BCUT2D eigenvalue weighted by atomic mass is 16.5. The van der Waals surface area contributed by atoms with Crippen LogP contribution in [0.5, 0.6) is 11.5 Å². The number of carbonyl (C=O) groups is 1. The zero-order valence-electron chi connectivity index (χ0n) is 10.1. The van der Waals surface area contributed by atoms with E-state index in [1.54, 1.807) is 7.11 Å². The SMILES string of the molecule is CCCc1ccc(OCC(C)=O)c(OC)c1. The molecule has 3 nitrogen and oxygen atoms in total. The predicted molar refractivity (Wildman–Crippen MR) is 63.2 cm³/mol. The zero-order valence-corrected chi connectivity index (χ0v) is 10.1. The quantitative estimate of drug-likeness (QED) is 0.742. The number of hydrogen-bond acceptors (Lipinski definition) is 3. The Morgan fingerprint density at radius 1 is 1.31 bits per heavy atom. The number of ketones is 1. The molecule has 0 aliphatic rings. The summed E-state index contributed by atoms with van der Waals surface area (Å²) < 4.78 is 10.6. The number of carbonyl (C=O) groups excluding carboxylic acids is 1. The van der Waals surface area contributed by atoms with Crippen LogP contribution in [-0.2, 0) is 11.2 Å². The number of rotatable bonds is 6. The lowest BCUT2D eigenvalue weighted by atomic mass is 10.1. The highest BCUT2D eigenvalue weighted by Gasteiger charge is 2.06. The molecule has 0 fully saturated rings. The summed E-state index contributed by atoms with van der Waals surface area (Å²) >= 11 is 0. The molecule has 0 heterocycles. The number of ether oxygens (including phenoxy) is 2. The van der Waals surface area contributed by atoms with Gasteiger partial charge in [0.25, 0.3) is 0 Å². The van der Waals surface area contributed by atoms with Crippen molar-refractivity contribution in [3.63, 3.8) is 0 Å². The third-order valence-corrected chi connectivity index (χ3v) is 2.20. The van der Waals surface area contributed by atoms with Crippen molar-refractivity contribution in [1.29, 1.82) is 0 Å². The van der Waals surface area contributed by atoms with Crippen LogP contribution in [0.15, 0.2) is 18.2 Å². The first-order chi connectivity index (χ1) is 7.67. The molecule has 0 spiro atoms. The third-order valence-electron chi connectivity index (χ3n) is 2.20. The van der Waals surface area contributed by atoms with Crippen molar-refractivity contribution in [3.8, 4) is 11.5 Å². The maximum atomic E-state index is 10.8. The van der Waals surface area contributed by atoms with Crippen LogP contribution in [0, 0.1) is 0 Å². The van der Waals surface area contributed by atoms with E-state index in [9.17, 15) is 4.79 Å². The van der Waals surface area contributed by atoms with E-state index in [2.05, 4.69) is 6.92 Å². The molecule has 1 aromatic carbocycles. The van der Waals surface area contributed by atoms with Crippen LogP contribution in [0.1, 0.15) is 25.8 Å². The Balaban J connectivity index is 2.80. The molecular weight excluding hydrogens is 204 g/mol. The number of aryl methyl sites for hydroxylation is 1. The van der Waals surface area contributed by atoms with Gasteiger partial charge >= 0.3 is 0 Å². The molecule has 0 bridgehead atoms. The molecule has 0 saturated carbocycles. The van der Waals surface area contributed by atoms with Crippen molar-refractivity contribution in [3.05, 3.63) is 23.8 Å². The van der Waals surface area contributed by atoms with E-state index in [-0.39, 0.29) is 12.4 Å². The molecule has 0 aliphatic carbocycles. The summed E-state index contributed by atoms with van der Waals surface area (Å²) in [5.74, 6) is 1.31. The smallest absolute Gasteiger partial charge is 0.167 e. The molecule has 16 heavy (non-hydrogen) atoms. The molecule has 0 radical (unpaired) electrons. The molecule has 0 N–H and O–H groups in total. The lowest BCUT2D eigenvalue weighted by Crippen LogP contribution is -2.07. The Morgan fingerprint density at radius 2 is 2.06 bits per heavy atom. The molecule has 0 saturated heterocycles. The van der Waals surface area contributed by atoms with Gasteiger partial charge in [-0.1, -0.05) is 19.4 Å². The molecular formula is C13H18O3. The van der Waals surface area contributed by atoms with E-state index in [0.29, 0.717) is 11.5 Å². The molecule has 88 valence electrons. The predicted octanol–water partition coefficient (Wildman–Crippen LogP) is 2.62. The molecule has 0 aliphatic heterocycles. The highest BCUT2D eigenvalue weighted by Crippen LogP contribution is 2.28. The van der Waals surface area contributed by atoms with Gasteiger partial charge in [0, 0.05) is 0 Å². The van der Waals surface area contributed by atoms with Gasteiger partial charge in [-0.2, -0.15) is 0 Å². The van der Waals surface area contributed by atoms with Crippen molar-refractivity contribution in [1.82, 2.24) is 0 Å². The maximum absolute atomic E-state index is 10.8. The fourth-order valence-corrected chi connectivity index (χ4v) is 1.45. The first-order valence-electron chi connectivity index (χ1n) is 5.46. The second kappa shape index (κ2) is 6.16. The van der Waals surface area contributed by atoms with Gasteiger partial charge in [0.1, 0.15) is 6.61 Å². The van der Waals surface area contributed by atoms with Crippen LogP contribution in [0.3, 0.4) is 0 Å². The molecule has 0 aromatic heterocycles. The first-order valence-corrected chi connectivity index (χ1v) is 5.46. The molecule has 1 aromatic rings. The third kappa shape index (κ3) is 3.57. The minimum absolute atomic E-state index is 0.000289. The highest BCUT2D eigenvalue weighted by molar-refractivity contribution is 5.77. The van der Waals surface area contributed by atoms with E-state index in [4.69, 9.17) is 9.47 Å². The van der Waals surface area contributed by atoms with Gasteiger partial charge in [-0.3, -0.25) is 4.79 Å². The van der Waals surface area contributed by atoms with Gasteiger partial charge in [0.2, 0.25) is 0 Å². The zero-order chi connectivity index (χ0) is 12.0. The van der Waals surface area contributed by atoms with Gasteiger partial charge in [-0.25, -0.2) is 0 Å². The fourth-order valence-electron chi connectivity index (χ4n) is 1.45. The molecule has 1 rings (SSSR count). The van der Waals surface area contributed by atoms with Crippen LogP contribution in [0.4, 0.5) is 0 Å². The average molecular weight is 222 g/mol. The van der Waals surface area contributed by atoms with Crippen LogP contribution < -0.4 is 9.47 Å². The number of methoxy groups -OCH3 is 1. The Morgan fingerprint density at radius 3 is 2.62 bits per heavy atom. The van der Waals surface area contributed by atoms with Gasteiger partial charge < -0.3 is 9.47 Å². The van der Waals surface area contributed by atoms with Crippen molar-refractivity contribution in [2.75, 3.05) is 13.7 Å². The van der Waals surface area contributed by atoms with Crippen molar-refractivity contribution >= 4 is 5.78 Å². The Hall–Kier alpha value is -1.51. The van der Waals surface area contributed by atoms with E-state index < -0.39 is 0 Å². The van der Waals surface area contributed by atoms with Gasteiger partial charge in [-0.15, -0.1) is 0 Å². The number of Topliss-reactive ketones (excluding diaryl/α,β-unsaturated/α-hetero) is 1. The minimum atomic E-state index is -0.000289. The lowest BCUT2D eigenvalue weighted by molar-refractivity contribution is -0.118. The molecule has 3 heteroatoms. The Bertz CT molecular complexity index is 358. The summed E-state index contributed by atoms with van der Waals surface area (Å²) in [6, 6.07) is 5.81. The van der Waals surface area contributed by atoms with Crippen molar-refractivity contribution < 1.29 is 14.3 Å². The largest absolute Gasteiger partial charge is 0.493 e. The van der Waals surface area contributed by atoms with Crippen molar-refractivity contribution in [2.24, 2.45) is 0 Å². The van der Waals surface area contributed by atoms with Gasteiger partial charge in [0.15, 0.2) is 17.3 Å². The summed E-state index contributed by atoms with van der Waals surface area (Å²) in [6.45, 7) is 3.72. The van der Waals surface area contributed by atoms with E-state index >= 15 is 0 Å². The summed E-state index contributed by atoms with van der Waals surface area (Å²) in [5.41, 5.74) is 1.22. The van der Waals surface area contributed by atoms with E-state index in [1.165, 1.54) is 12.5 Å². The molecule has 0 amide bonds. The minimum Gasteiger partial charge on any atom is -0.493 e. The van der Waals surface area contributed by atoms with Crippen LogP contribution >= 0.6 is 0 Å². The van der Waals surface area contributed by atoms with Crippen molar-refractivity contribution in [2.45, 2.75) is 26.7 Å². The fraction of sp³-hybridized carbons (Fsp3) is 0.462. The maximum Gasteiger partial charge on any atom is 0.167 e. The summed E-state index contributed by atoms with van der Waals surface area (Å²) in [4.78, 5) is 10.8. The van der Waals surface area contributed by atoms with Crippen LogP contribution in [0.25, 0.3) is 0 Å². The van der Waals surface area contributed by atoms with E-state index in [0.717, 1.165) is 12.8 Å². The standard InChI is InChI=1S/C13H18O3/c1-4-5-11-6-7-12(13(8-11)15-3)16-9-10(2)14/h6-8H,4-5,9H2,1-3H3. The van der Waals surface area contributed by atoms with E-state index in [1.807, 2.05) is 18.2 Å².